The third-order valence-corrected chi connectivity index (χ3v) is 1.77. The second-order valence-electron chi connectivity index (χ2n) is 2.93. The quantitative estimate of drug-likeness (QED) is 0.662. The maximum Gasteiger partial charge on any atom is 0.228 e. The molecule has 1 aromatic rings. The number of rotatable bonds is 6. The summed E-state index contributed by atoms with van der Waals surface area (Å²) in [6, 6.07) is 0. The van der Waals surface area contributed by atoms with Gasteiger partial charge in [-0.15, -0.1) is 0 Å². The summed E-state index contributed by atoms with van der Waals surface area (Å²) >= 11 is 5.69. The highest BCUT2D eigenvalue weighted by atomic mass is 35.5. The van der Waals surface area contributed by atoms with Crippen LogP contribution in [0.25, 0.3) is 0 Å². The van der Waals surface area contributed by atoms with Crippen molar-refractivity contribution in [1.82, 2.24) is 15.0 Å². The number of nitrogens with two attached hydrogens (primary N) is 1. The van der Waals surface area contributed by atoms with Crippen molar-refractivity contribution in [2.75, 3.05) is 23.7 Å². The molecule has 4 N–H and O–H groups in total. The molecular formula is C8H13ClN6O. The summed E-state index contributed by atoms with van der Waals surface area (Å²) in [4.78, 5) is 22.3. The molecule has 16 heavy (non-hydrogen) atoms. The summed E-state index contributed by atoms with van der Waals surface area (Å²) < 4.78 is 0. The second-order valence-corrected chi connectivity index (χ2v) is 3.26. The molecule has 1 heterocycles. The Morgan fingerprint density at radius 1 is 1.31 bits per heavy atom. The summed E-state index contributed by atoms with van der Waals surface area (Å²) in [7, 11) is 0. The van der Waals surface area contributed by atoms with Crippen molar-refractivity contribution in [3.8, 4) is 0 Å². The van der Waals surface area contributed by atoms with Crippen LogP contribution >= 0.6 is 11.6 Å². The number of primary amides is 1. The van der Waals surface area contributed by atoms with Gasteiger partial charge in [0.1, 0.15) is 0 Å². The van der Waals surface area contributed by atoms with Crippen molar-refractivity contribution in [3.63, 3.8) is 0 Å². The topological polar surface area (TPSA) is 106 Å². The molecule has 8 heteroatoms. The van der Waals surface area contributed by atoms with E-state index in [4.69, 9.17) is 17.3 Å². The molecule has 0 aliphatic carbocycles. The van der Waals surface area contributed by atoms with Crippen molar-refractivity contribution >= 4 is 29.4 Å². The molecule has 0 atom stereocenters. The highest BCUT2D eigenvalue weighted by molar-refractivity contribution is 6.28. The summed E-state index contributed by atoms with van der Waals surface area (Å²) in [6.07, 6.45) is 0.208. The number of carbonyl (C=O) groups is 1. The number of halogens is 1. The standard InChI is InChI=1S/C8H13ClN6O/c1-2-11-7-13-6(9)14-8(15-7)12-4-3-5(10)16/h2-4H2,1H3,(H2,10,16)(H2,11,12,13,14,15). The normalized spacial score (nSPS) is 9.88. The first-order valence-electron chi connectivity index (χ1n) is 4.79. The number of nitrogens with one attached hydrogen (secondary N) is 2. The molecule has 0 saturated heterocycles. The van der Waals surface area contributed by atoms with E-state index < -0.39 is 0 Å². The van der Waals surface area contributed by atoms with Crippen LogP contribution in [-0.2, 0) is 4.79 Å². The van der Waals surface area contributed by atoms with Crippen molar-refractivity contribution in [3.05, 3.63) is 5.28 Å². The number of anilines is 2. The predicted octanol–water partition coefficient (Wildman–Crippen LogP) is 0.244. The number of hydrogen-bond donors (Lipinski definition) is 3. The number of amides is 1. The van der Waals surface area contributed by atoms with E-state index >= 15 is 0 Å². The molecule has 0 fully saturated rings. The summed E-state index contributed by atoms with van der Waals surface area (Å²) in [6.45, 7) is 2.96. The molecule has 0 aliphatic rings. The maximum atomic E-state index is 10.5. The first-order chi connectivity index (χ1) is 7.61. The molecule has 7 nitrogen and oxygen atoms in total. The van der Waals surface area contributed by atoms with Gasteiger partial charge in [0, 0.05) is 19.5 Å². The molecule has 0 saturated carbocycles. The number of carbonyl (C=O) groups excluding carboxylic acids is 1. The van der Waals surface area contributed by atoms with Crippen molar-refractivity contribution in [2.24, 2.45) is 5.73 Å². The van der Waals surface area contributed by atoms with Gasteiger partial charge >= 0.3 is 0 Å². The minimum atomic E-state index is -0.389. The smallest absolute Gasteiger partial charge is 0.228 e. The molecule has 1 aromatic heterocycles. The summed E-state index contributed by atoms with van der Waals surface area (Å²) in [5, 5.41) is 5.83. The Balaban J connectivity index is 2.61. The van der Waals surface area contributed by atoms with Crippen LogP contribution in [0.2, 0.25) is 5.28 Å². The van der Waals surface area contributed by atoms with Crippen molar-refractivity contribution in [1.29, 1.82) is 0 Å². The monoisotopic (exact) mass is 244 g/mol. The largest absolute Gasteiger partial charge is 0.370 e. The average molecular weight is 245 g/mol. The zero-order valence-electron chi connectivity index (χ0n) is 8.83. The number of aromatic nitrogens is 3. The molecule has 1 rings (SSSR count). The Bertz CT molecular complexity index is 372. The fourth-order valence-electron chi connectivity index (χ4n) is 0.964. The fourth-order valence-corrected chi connectivity index (χ4v) is 1.12. The summed E-state index contributed by atoms with van der Waals surface area (Å²) in [5.41, 5.74) is 4.99. The lowest BCUT2D eigenvalue weighted by Gasteiger charge is -2.06. The minimum absolute atomic E-state index is 0.0903. The first kappa shape index (κ1) is 12.4. The van der Waals surface area contributed by atoms with E-state index in [2.05, 4.69) is 25.6 Å². The van der Waals surface area contributed by atoms with Crippen LogP contribution in [0.15, 0.2) is 0 Å². The maximum absolute atomic E-state index is 10.5. The second kappa shape index (κ2) is 6.06. The Morgan fingerprint density at radius 2 is 1.94 bits per heavy atom. The number of hydrogen-bond acceptors (Lipinski definition) is 6. The number of nitrogens with zero attached hydrogens (tertiary/aromatic N) is 3. The highest BCUT2D eigenvalue weighted by Gasteiger charge is 2.03. The lowest BCUT2D eigenvalue weighted by molar-refractivity contribution is -0.117. The Morgan fingerprint density at radius 3 is 2.50 bits per heavy atom. The Hall–Kier alpha value is -1.63. The highest BCUT2D eigenvalue weighted by Crippen LogP contribution is 2.08. The minimum Gasteiger partial charge on any atom is -0.370 e. The lowest BCUT2D eigenvalue weighted by Crippen LogP contribution is -2.17. The molecule has 1 amide bonds. The molecule has 0 spiro atoms. The molecule has 88 valence electrons. The van der Waals surface area contributed by atoms with Gasteiger partial charge in [-0.1, -0.05) is 0 Å². The van der Waals surface area contributed by atoms with Gasteiger partial charge in [-0.25, -0.2) is 0 Å². The van der Waals surface area contributed by atoms with Crippen molar-refractivity contribution in [2.45, 2.75) is 13.3 Å². The Kier molecular flexibility index (Phi) is 4.71. The van der Waals surface area contributed by atoms with E-state index in [9.17, 15) is 4.79 Å². The van der Waals surface area contributed by atoms with Gasteiger partial charge in [-0.2, -0.15) is 15.0 Å². The van der Waals surface area contributed by atoms with Crippen molar-refractivity contribution < 1.29 is 4.79 Å². The SMILES string of the molecule is CCNc1nc(Cl)nc(NCCC(N)=O)n1. The molecular weight excluding hydrogens is 232 g/mol. The van der Waals surface area contributed by atoms with Crippen LogP contribution in [0.4, 0.5) is 11.9 Å². The van der Waals surface area contributed by atoms with Crippen LogP contribution in [0.1, 0.15) is 13.3 Å². The molecule has 0 unspecified atom stereocenters. The molecule has 0 aromatic carbocycles. The zero-order chi connectivity index (χ0) is 12.0. The van der Waals surface area contributed by atoms with Gasteiger partial charge in [0.05, 0.1) is 0 Å². The summed E-state index contributed by atoms with van der Waals surface area (Å²) in [5.74, 6) is 0.320. The van der Waals surface area contributed by atoms with Gasteiger partial charge in [-0.3, -0.25) is 4.79 Å². The van der Waals surface area contributed by atoms with Gasteiger partial charge < -0.3 is 16.4 Å². The van der Waals surface area contributed by atoms with Crippen LogP contribution in [-0.4, -0.2) is 33.9 Å². The average Bonchev–Trinajstić information content (AvgIpc) is 2.16. The van der Waals surface area contributed by atoms with Gasteiger partial charge in [0.25, 0.3) is 0 Å². The van der Waals surface area contributed by atoms with Crippen LogP contribution in [0.3, 0.4) is 0 Å². The first-order valence-corrected chi connectivity index (χ1v) is 5.17. The molecule has 0 radical (unpaired) electrons. The van der Waals surface area contributed by atoms with Crippen LogP contribution < -0.4 is 16.4 Å². The van der Waals surface area contributed by atoms with Gasteiger partial charge in [-0.05, 0) is 18.5 Å². The van der Waals surface area contributed by atoms with E-state index in [-0.39, 0.29) is 17.6 Å². The molecule has 0 bridgehead atoms. The van der Waals surface area contributed by atoms with Crippen LogP contribution in [0.5, 0.6) is 0 Å². The molecule has 0 aliphatic heterocycles. The van der Waals surface area contributed by atoms with Gasteiger partial charge in [0.15, 0.2) is 0 Å². The lowest BCUT2D eigenvalue weighted by atomic mass is 10.4. The Labute approximate surface area is 97.8 Å². The fraction of sp³-hybridized carbons (Fsp3) is 0.500. The van der Waals surface area contributed by atoms with E-state index in [0.717, 1.165) is 0 Å². The van der Waals surface area contributed by atoms with Crippen LogP contribution in [0, 0.1) is 0 Å². The third-order valence-electron chi connectivity index (χ3n) is 1.60. The van der Waals surface area contributed by atoms with Gasteiger partial charge in [0.2, 0.25) is 23.1 Å². The van der Waals surface area contributed by atoms with E-state index in [0.29, 0.717) is 25.0 Å². The zero-order valence-corrected chi connectivity index (χ0v) is 9.58. The van der Waals surface area contributed by atoms with E-state index in [1.165, 1.54) is 0 Å². The van der Waals surface area contributed by atoms with E-state index in [1.807, 2.05) is 6.92 Å². The van der Waals surface area contributed by atoms with E-state index in [1.54, 1.807) is 0 Å². The predicted molar refractivity (Wildman–Crippen MR) is 61.3 cm³/mol. The third kappa shape index (κ3) is 4.26.